The lowest BCUT2D eigenvalue weighted by Gasteiger charge is -2.08. The first-order chi connectivity index (χ1) is 11.0. The van der Waals surface area contributed by atoms with Crippen LogP contribution in [0.4, 0.5) is 0 Å². The van der Waals surface area contributed by atoms with E-state index in [4.69, 9.17) is 14.5 Å². The van der Waals surface area contributed by atoms with Crippen molar-refractivity contribution < 1.29 is 19.1 Å². The van der Waals surface area contributed by atoms with E-state index in [-0.39, 0.29) is 5.30 Å². The summed E-state index contributed by atoms with van der Waals surface area (Å²) in [6, 6.07) is 6.08. The van der Waals surface area contributed by atoms with E-state index in [0.717, 1.165) is 6.42 Å². The maximum atomic E-state index is 11.1. The molecule has 0 aliphatic heterocycles. The van der Waals surface area contributed by atoms with Crippen molar-refractivity contribution in [3.8, 4) is 5.75 Å². The van der Waals surface area contributed by atoms with Crippen LogP contribution in [0.3, 0.4) is 0 Å². The first-order valence-electron chi connectivity index (χ1n) is 8.83. The van der Waals surface area contributed by atoms with Crippen LogP contribution in [0.1, 0.15) is 71.1 Å². The largest absolute Gasteiger partial charge is 0.494 e. The number of unbranched alkanes of at least 4 members (excludes halogenated alkanes) is 9. The third kappa shape index (κ3) is 9.80. The Kier molecular flexibility index (Phi) is 10.3. The molecular formula is C18H31O4P. The molecule has 0 spiro atoms. The lowest BCUT2D eigenvalue weighted by Crippen LogP contribution is -2.04. The summed E-state index contributed by atoms with van der Waals surface area (Å²) in [7, 11) is -4.15. The summed E-state index contributed by atoms with van der Waals surface area (Å²) in [6.45, 7) is 2.90. The van der Waals surface area contributed by atoms with E-state index in [1.807, 2.05) is 0 Å². The Balaban J connectivity index is 2.00. The fourth-order valence-corrected chi connectivity index (χ4v) is 3.05. The molecule has 132 valence electrons. The molecule has 0 heterocycles. The molecular weight excluding hydrogens is 311 g/mol. The van der Waals surface area contributed by atoms with Crippen molar-refractivity contribution >= 4 is 12.9 Å². The average molecular weight is 342 g/mol. The molecule has 0 aliphatic carbocycles. The van der Waals surface area contributed by atoms with E-state index < -0.39 is 7.60 Å². The van der Waals surface area contributed by atoms with E-state index >= 15 is 0 Å². The molecule has 1 rings (SSSR count). The standard InChI is InChI=1S/C18H31O4P/c1-2-3-4-5-6-7-8-9-10-11-16-22-17-12-14-18(15-13-17)23(19,20)21/h12-15H,2-11,16H2,1H3,(H2,19,20,21). The molecule has 0 bridgehead atoms. The first-order valence-corrected chi connectivity index (χ1v) is 10.4. The van der Waals surface area contributed by atoms with E-state index in [1.165, 1.54) is 69.9 Å². The normalized spacial score (nSPS) is 11.6. The zero-order valence-corrected chi connectivity index (χ0v) is 15.1. The smallest absolute Gasteiger partial charge is 0.356 e. The van der Waals surface area contributed by atoms with E-state index in [9.17, 15) is 4.57 Å². The first kappa shape index (κ1) is 20.2. The van der Waals surface area contributed by atoms with Gasteiger partial charge in [-0.2, -0.15) is 0 Å². The van der Waals surface area contributed by atoms with Gasteiger partial charge in [-0.05, 0) is 30.7 Å². The predicted octanol–water partition coefficient (Wildman–Crippen LogP) is 4.79. The van der Waals surface area contributed by atoms with Crippen LogP contribution in [0, 0.1) is 0 Å². The van der Waals surface area contributed by atoms with Gasteiger partial charge < -0.3 is 14.5 Å². The van der Waals surface area contributed by atoms with Gasteiger partial charge in [0.1, 0.15) is 5.75 Å². The van der Waals surface area contributed by atoms with Gasteiger partial charge in [-0.1, -0.05) is 64.7 Å². The Labute approximate surface area is 140 Å². The van der Waals surface area contributed by atoms with Gasteiger partial charge in [0.25, 0.3) is 0 Å². The summed E-state index contributed by atoms with van der Waals surface area (Å²) < 4.78 is 16.6. The maximum absolute atomic E-state index is 11.1. The maximum Gasteiger partial charge on any atom is 0.356 e. The molecule has 0 saturated heterocycles. The minimum absolute atomic E-state index is 0.0313. The molecule has 0 saturated carbocycles. The van der Waals surface area contributed by atoms with Crippen LogP contribution in [0.15, 0.2) is 24.3 Å². The summed E-state index contributed by atoms with van der Waals surface area (Å²) in [4.78, 5) is 18.1. The second-order valence-corrected chi connectivity index (χ2v) is 7.67. The lowest BCUT2D eigenvalue weighted by atomic mass is 10.1. The highest BCUT2D eigenvalue weighted by atomic mass is 31.2. The Morgan fingerprint density at radius 2 is 1.30 bits per heavy atom. The Hall–Kier alpha value is -0.830. The number of rotatable bonds is 13. The van der Waals surface area contributed by atoms with Gasteiger partial charge in [-0.25, -0.2) is 0 Å². The van der Waals surface area contributed by atoms with Gasteiger partial charge in [0.05, 0.1) is 11.9 Å². The molecule has 0 atom stereocenters. The summed E-state index contributed by atoms with van der Waals surface area (Å²) in [6.07, 6.45) is 12.9. The van der Waals surface area contributed by atoms with E-state index in [1.54, 1.807) is 12.1 Å². The molecule has 1 aromatic rings. The zero-order chi connectivity index (χ0) is 17.0. The molecule has 23 heavy (non-hydrogen) atoms. The van der Waals surface area contributed by atoms with E-state index in [0.29, 0.717) is 12.4 Å². The van der Waals surface area contributed by atoms with Gasteiger partial charge >= 0.3 is 7.60 Å². The van der Waals surface area contributed by atoms with Gasteiger partial charge in [0, 0.05) is 0 Å². The van der Waals surface area contributed by atoms with Gasteiger partial charge in [0.2, 0.25) is 0 Å². The van der Waals surface area contributed by atoms with Crippen LogP contribution in [0.5, 0.6) is 5.75 Å². The van der Waals surface area contributed by atoms with E-state index in [2.05, 4.69) is 6.92 Å². The second kappa shape index (κ2) is 11.7. The van der Waals surface area contributed by atoms with Crippen molar-refractivity contribution in [1.82, 2.24) is 0 Å². The van der Waals surface area contributed by atoms with Crippen molar-refractivity contribution in [3.05, 3.63) is 24.3 Å². The molecule has 0 aromatic heterocycles. The molecule has 0 amide bonds. The summed E-state index contributed by atoms with van der Waals surface area (Å²) >= 11 is 0. The van der Waals surface area contributed by atoms with Crippen LogP contribution < -0.4 is 10.0 Å². The minimum atomic E-state index is -4.15. The quantitative estimate of drug-likeness (QED) is 0.399. The van der Waals surface area contributed by atoms with Crippen molar-refractivity contribution in [2.75, 3.05) is 6.61 Å². The highest BCUT2D eigenvalue weighted by molar-refractivity contribution is 7.60. The summed E-state index contributed by atoms with van der Waals surface area (Å²) in [5.74, 6) is 0.665. The number of hydrogen-bond donors (Lipinski definition) is 2. The highest BCUT2D eigenvalue weighted by Crippen LogP contribution is 2.33. The second-order valence-electron chi connectivity index (χ2n) is 6.07. The fraction of sp³-hybridized carbons (Fsp3) is 0.667. The van der Waals surface area contributed by atoms with Crippen molar-refractivity contribution in [3.63, 3.8) is 0 Å². The van der Waals surface area contributed by atoms with Crippen LogP contribution in [0.2, 0.25) is 0 Å². The minimum Gasteiger partial charge on any atom is -0.494 e. The molecule has 0 aliphatic rings. The van der Waals surface area contributed by atoms with Gasteiger partial charge in [-0.15, -0.1) is 0 Å². The molecule has 0 radical (unpaired) electrons. The van der Waals surface area contributed by atoms with Crippen LogP contribution in [0.25, 0.3) is 0 Å². The predicted molar refractivity (Wildman–Crippen MR) is 95.5 cm³/mol. The summed E-state index contributed by atoms with van der Waals surface area (Å²) in [5.41, 5.74) is 0. The van der Waals surface area contributed by atoms with Crippen molar-refractivity contribution in [2.24, 2.45) is 0 Å². The van der Waals surface area contributed by atoms with Crippen LogP contribution >= 0.6 is 7.60 Å². The van der Waals surface area contributed by atoms with Crippen molar-refractivity contribution in [2.45, 2.75) is 71.1 Å². The monoisotopic (exact) mass is 342 g/mol. The molecule has 4 nitrogen and oxygen atoms in total. The SMILES string of the molecule is CCCCCCCCCCCCOc1ccc(P(=O)(O)O)cc1. The topological polar surface area (TPSA) is 66.8 Å². The number of hydrogen-bond acceptors (Lipinski definition) is 2. The fourth-order valence-electron chi connectivity index (χ4n) is 2.52. The lowest BCUT2D eigenvalue weighted by molar-refractivity contribution is 0.304. The van der Waals surface area contributed by atoms with Crippen LogP contribution in [-0.4, -0.2) is 16.4 Å². The van der Waals surface area contributed by atoms with Gasteiger partial charge in [0.15, 0.2) is 0 Å². The third-order valence-corrected chi connectivity index (χ3v) is 4.91. The highest BCUT2D eigenvalue weighted by Gasteiger charge is 2.16. The Morgan fingerprint density at radius 1 is 0.826 bits per heavy atom. The molecule has 0 unspecified atom stereocenters. The third-order valence-electron chi connectivity index (χ3n) is 3.94. The number of ether oxygens (including phenoxy) is 1. The average Bonchev–Trinajstić information content (AvgIpc) is 2.52. The molecule has 2 N–H and O–H groups in total. The molecule has 5 heteroatoms. The van der Waals surface area contributed by atoms with Crippen LogP contribution in [-0.2, 0) is 4.57 Å². The van der Waals surface area contributed by atoms with Crippen molar-refractivity contribution in [1.29, 1.82) is 0 Å². The Bertz CT molecular complexity index is 453. The molecule has 1 aromatic carbocycles. The molecule has 0 fully saturated rings. The van der Waals surface area contributed by atoms with Gasteiger partial charge in [-0.3, -0.25) is 4.57 Å². The summed E-state index contributed by atoms with van der Waals surface area (Å²) in [5, 5.41) is 0.0313. The number of benzene rings is 1. The Morgan fingerprint density at radius 3 is 1.78 bits per heavy atom. The zero-order valence-electron chi connectivity index (χ0n) is 14.2.